The summed E-state index contributed by atoms with van der Waals surface area (Å²) in [6, 6.07) is 0. The van der Waals surface area contributed by atoms with E-state index in [2.05, 4.69) is 5.92 Å². The van der Waals surface area contributed by atoms with Gasteiger partial charge in [0.25, 0.3) is 5.91 Å². The Balaban J connectivity index is 2.64. The smallest absolute Gasteiger partial charge is 0.298 e. The number of carbonyl (C=O) groups excluding carboxylic acids is 1. The Bertz CT molecular complexity index is 269. The van der Waals surface area contributed by atoms with E-state index in [1.54, 1.807) is 4.90 Å². The van der Waals surface area contributed by atoms with Crippen LogP contribution in [0.5, 0.6) is 0 Å². The maximum absolute atomic E-state index is 11.3. The van der Waals surface area contributed by atoms with Crippen LogP contribution in [0.1, 0.15) is 6.92 Å². The van der Waals surface area contributed by atoms with Crippen molar-refractivity contribution in [3.05, 3.63) is 0 Å². The third kappa shape index (κ3) is 2.85. The third-order valence-electron chi connectivity index (χ3n) is 2.00. The normalized spacial score (nSPS) is 29.1. The second-order valence-electron chi connectivity index (χ2n) is 3.31. The van der Waals surface area contributed by atoms with Crippen LogP contribution in [0.15, 0.2) is 0 Å². The SMILES string of the molecule is C#CC(=O)N1CCS(=O)CC(C)C1. The Kier molecular flexibility index (Phi) is 3.49. The number of hydrogen-bond donors (Lipinski definition) is 0. The first-order valence-electron chi connectivity index (χ1n) is 4.24. The van der Waals surface area contributed by atoms with E-state index in [1.807, 2.05) is 6.92 Å². The maximum Gasteiger partial charge on any atom is 0.298 e. The fourth-order valence-electron chi connectivity index (χ4n) is 1.41. The molecule has 2 unspecified atom stereocenters. The van der Waals surface area contributed by atoms with Gasteiger partial charge in [-0.2, -0.15) is 0 Å². The molecule has 0 aromatic rings. The van der Waals surface area contributed by atoms with Gasteiger partial charge in [0.1, 0.15) is 0 Å². The summed E-state index contributed by atoms with van der Waals surface area (Å²) in [6.07, 6.45) is 5.02. The summed E-state index contributed by atoms with van der Waals surface area (Å²) in [7, 11) is -0.789. The average Bonchev–Trinajstić information content (AvgIpc) is 2.25. The van der Waals surface area contributed by atoms with Crippen molar-refractivity contribution in [1.82, 2.24) is 4.90 Å². The highest BCUT2D eigenvalue weighted by Gasteiger charge is 2.21. The van der Waals surface area contributed by atoms with Crippen LogP contribution in [-0.4, -0.2) is 39.6 Å². The van der Waals surface area contributed by atoms with Gasteiger partial charge in [0.15, 0.2) is 0 Å². The molecule has 1 rings (SSSR count). The summed E-state index contributed by atoms with van der Waals surface area (Å²) in [5, 5.41) is 0. The minimum Gasteiger partial charge on any atom is -0.331 e. The van der Waals surface area contributed by atoms with Crippen LogP contribution in [0.2, 0.25) is 0 Å². The molecule has 1 amide bonds. The lowest BCUT2D eigenvalue weighted by Crippen LogP contribution is -2.34. The summed E-state index contributed by atoms with van der Waals surface area (Å²) in [5.41, 5.74) is 0. The number of hydrogen-bond acceptors (Lipinski definition) is 2. The number of terminal acetylenes is 1. The number of nitrogens with zero attached hydrogens (tertiary/aromatic N) is 1. The lowest BCUT2D eigenvalue weighted by Gasteiger charge is -2.18. The fraction of sp³-hybridized carbons (Fsp3) is 0.667. The first kappa shape index (κ1) is 10.3. The van der Waals surface area contributed by atoms with E-state index in [0.29, 0.717) is 24.6 Å². The highest BCUT2D eigenvalue weighted by Crippen LogP contribution is 2.07. The van der Waals surface area contributed by atoms with Crippen LogP contribution >= 0.6 is 0 Å². The van der Waals surface area contributed by atoms with Crippen LogP contribution < -0.4 is 0 Å². The van der Waals surface area contributed by atoms with Crippen molar-refractivity contribution in [1.29, 1.82) is 0 Å². The zero-order chi connectivity index (χ0) is 9.84. The summed E-state index contributed by atoms with van der Waals surface area (Å²) < 4.78 is 11.3. The quantitative estimate of drug-likeness (QED) is 0.509. The highest BCUT2D eigenvalue weighted by molar-refractivity contribution is 7.85. The molecule has 0 aliphatic carbocycles. The Morgan fingerprint density at radius 3 is 3.00 bits per heavy atom. The largest absolute Gasteiger partial charge is 0.331 e. The van der Waals surface area contributed by atoms with Gasteiger partial charge in [-0.15, -0.1) is 6.42 Å². The molecule has 1 saturated heterocycles. The molecule has 0 bridgehead atoms. The number of amides is 1. The van der Waals surface area contributed by atoms with Gasteiger partial charge in [0.2, 0.25) is 0 Å². The molecule has 1 fully saturated rings. The predicted octanol–water partition coefficient (Wildman–Crippen LogP) is -0.153. The molecule has 72 valence electrons. The molecule has 4 heteroatoms. The zero-order valence-corrected chi connectivity index (χ0v) is 8.47. The first-order chi connectivity index (χ1) is 6.13. The van der Waals surface area contributed by atoms with Gasteiger partial charge in [-0.3, -0.25) is 9.00 Å². The van der Waals surface area contributed by atoms with Gasteiger partial charge in [0.05, 0.1) is 0 Å². The Morgan fingerprint density at radius 1 is 1.69 bits per heavy atom. The molecule has 1 aliphatic rings. The molecular formula is C9H13NO2S. The Hall–Kier alpha value is -0.820. The molecule has 13 heavy (non-hydrogen) atoms. The lowest BCUT2D eigenvalue weighted by molar-refractivity contribution is -0.125. The van der Waals surface area contributed by atoms with Gasteiger partial charge >= 0.3 is 0 Å². The van der Waals surface area contributed by atoms with Crippen LogP contribution in [0.4, 0.5) is 0 Å². The summed E-state index contributed by atoms with van der Waals surface area (Å²) in [5.74, 6) is 3.31. The second kappa shape index (κ2) is 4.43. The molecular weight excluding hydrogens is 186 g/mol. The van der Waals surface area contributed by atoms with Gasteiger partial charge in [-0.25, -0.2) is 0 Å². The summed E-state index contributed by atoms with van der Waals surface area (Å²) in [4.78, 5) is 12.8. The lowest BCUT2D eigenvalue weighted by atomic mass is 10.2. The molecule has 0 radical (unpaired) electrons. The van der Waals surface area contributed by atoms with Crippen molar-refractivity contribution >= 4 is 16.7 Å². The number of rotatable bonds is 0. The molecule has 1 aliphatic heterocycles. The predicted molar refractivity (Wildman–Crippen MR) is 52.5 cm³/mol. The van der Waals surface area contributed by atoms with Crippen LogP contribution in [0.25, 0.3) is 0 Å². The molecule has 0 saturated carbocycles. The monoisotopic (exact) mass is 199 g/mol. The second-order valence-corrected chi connectivity index (χ2v) is 4.93. The molecule has 0 aromatic heterocycles. The van der Waals surface area contributed by atoms with E-state index >= 15 is 0 Å². The fourth-order valence-corrected chi connectivity index (χ4v) is 2.74. The van der Waals surface area contributed by atoms with E-state index in [0.717, 1.165) is 0 Å². The van der Waals surface area contributed by atoms with Crippen molar-refractivity contribution < 1.29 is 9.00 Å². The van der Waals surface area contributed by atoms with E-state index in [9.17, 15) is 9.00 Å². The highest BCUT2D eigenvalue weighted by atomic mass is 32.2. The van der Waals surface area contributed by atoms with Crippen molar-refractivity contribution in [2.24, 2.45) is 5.92 Å². The van der Waals surface area contributed by atoms with Crippen molar-refractivity contribution in [3.8, 4) is 12.3 Å². The van der Waals surface area contributed by atoms with E-state index < -0.39 is 10.8 Å². The van der Waals surface area contributed by atoms with Crippen LogP contribution in [0.3, 0.4) is 0 Å². The van der Waals surface area contributed by atoms with Gasteiger partial charge in [-0.05, 0) is 11.8 Å². The minimum atomic E-state index is -0.789. The molecule has 3 nitrogen and oxygen atoms in total. The Labute approximate surface area is 80.9 Å². The first-order valence-corrected chi connectivity index (χ1v) is 5.72. The van der Waals surface area contributed by atoms with E-state index in [-0.39, 0.29) is 11.8 Å². The van der Waals surface area contributed by atoms with Crippen LogP contribution in [0, 0.1) is 18.3 Å². The Morgan fingerprint density at radius 2 is 2.38 bits per heavy atom. The molecule has 2 atom stereocenters. The van der Waals surface area contributed by atoms with Gasteiger partial charge < -0.3 is 4.90 Å². The van der Waals surface area contributed by atoms with Gasteiger partial charge in [0, 0.05) is 35.4 Å². The topological polar surface area (TPSA) is 37.4 Å². The van der Waals surface area contributed by atoms with E-state index in [4.69, 9.17) is 6.42 Å². The number of carbonyl (C=O) groups is 1. The third-order valence-corrected chi connectivity index (χ3v) is 3.58. The maximum atomic E-state index is 11.3. The summed E-state index contributed by atoms with van der Waals surface area (Å²) >= 11 is 0. The molecule has 0 aromatic carbocycles. The zero-order valence-electron chi connectivity index (χ0n) is 7.66. The molecule has 0 N–H and O–H groups in total. The minimum absolute atomic E-state index is 0.278. The van der Waals surface area contributed by atoms with Crippen molar-refractivity contribution in [3.63, 3.8) is 0 Å². The van der Waals surface area contributed by atoms with Crippen LogP contribution in [-0.2, 0) is 15.6 Å². The summed E-state index contributed by atoms with van der Waals surface area (Å²) in [6.45, 7) is 3.15. The standard InChI is InChI=1S/C9H13NO2S/c1-3-9(11)10-4-5-13(12)7-8(2)6-10/h1,8H,4-7H2,2H3. The molecule has 1 heterocycles. The van der Waals surface area contributed by atoms with Gasteiger partial charge in [-0.1, -0.05) is 6.92 Å². The van der Waals surface area contributed by atoms with E-state index in [1.165, 1.54) is 0 Å². The van der Waals surface area contributed by atoms with Crippen molar-refractivity contribution in [2.45, 2.75) is 6.92 Å². The van der Waals surface area contributed by atoms with Crippen molar-refractivity contribution in [2.75, 3.05) is 24.6 Å². The average molecular weight is 199 g/mol. The molecule has 0 spiro atoms.